The highest BCUT2D eigenvalue weighted by molar-refractivity contribution is 5.31. The molecule has 7 heteroatoms. The van der Waals surface area contributed by atoms with Crippen LogP contribution < -0.4 is 10.2 Å². The summed E-state index contributed by atoms with van der Waals surface area (Å²) in [4.78, 5) is 9.45. The Morgan fingerprint density at radius 3 is 2.57 bits per heavy atom. The summed E-state index contributed by atoms with van der Waals surface area (Å²) in [5.74, 6) is 0.745. The second-order valence-electron chi connectivity index (χ2n) is 5.73. The van der Waals surface area contributed by atoms with Crippen LogP contribution in [-0.2, 0) is 6.18 Å². The van der Waals surface area contributed by atoms with Crippen LogP contribution in [0.2, 0.25) is 0 Å². The van der Waals surface area contributed by atoms with Gasteiger partial charge in [-0.3, -0.25) is 0 Å². The molecular formula is C14H21F3N4. The SMILES string of the molecule is CC(C)NCC1CCN(c2nccc(C(F)(F)F)n2)CC1. The maximum Gasteiger partial charge on any atom is 0.433 e. The Hall–Kier alpha value is -1.37. The van der Waals surface area contributed by atoms with Gasteiger partial charge < -0.3 is 10.2 Å². The zero-order chi connectivity index (χ0) is 15.5. The van der Waals surface area contributed by atoms with Gasteiger partial charge in [0.2, 0.25) is 5.95 Å². The molecule has 4 nitrogen and oxygen atoms in total. The van der Waals surface area contributed by atoms with Crippen molar-refractivity contribution in [1.29, 1.82) is 0 Å². The van der Waals surface area contributed by atoms with Crippen LogP contribution in [0.4, 0.5) is 19.1 Å². The van der Waals surface area contributed by atoms with E-state index in [0.29, 0.717) is 25.0 Å². The van der Waals surface area contributed by atoms with Crippen LogP contribution in [-0.4, -0.2) is 35.6 Å². The maximum atomic E-state index is 12.7. The van der Waals surface area contributed by atoms with E-state index in [-0.39, 0.29) is 5.95 Å². The van der Waals surface area contributed by atoms with Crippen LogP contribution in [0.1, 0.15) is 32.4 Å². The molecule has 0 spiro atoms. The van der Waals surface area contributed by atoms with Crippen molar-refractivity contribution in [3.8, 4) is 0 Å². The molecule has 0 saturated carbocycles. The minimum Gasteiger partial charge on any atom is -0.341 e. The first-order valence-corrected chi connectivity index (χ1v) is 7.25. The Morgan fingerprint density at radius 1 is 1.33 bits per heavy atom. The Balaban J connectivity index is 1.93. The zero-order valence-corrected chi connectivity index (χ0v) is 12.3. The predicted molar refractivity (Wildman–Crippen MR) is 75.1 cm³/mol. The van der Waals surface area contributed by atoms with Crippen molar-refractivity contribution in [1.82, 2.24) is 15.3 Å². The Labute approximate surface area is 122 Å². The van der Waals surface area contributed by atoms with Crippen molar-refractivity contribution >= 4 is 5.95 Å². The number of hydrogen-bond acceptors (Lipinski definition) is 4. The van der Waals surface area contributed by atoms with Gasteiger partial charge in [0, 0.05) is 25.3 Å². The minimum absolute atomic E-state index is 0.181. The highest BCUT2D eigenvalue weighted by atomic mass is 19.4. The Kier molecular flexibility index (Phi) is 5.03. The number of alkyl halides is 3. The molecule has 0 radical (unpaired) electrons. The van der Waals surface area contributed by atoms with Crippen LogP contribution >= 0.6 is 0 Å². The van der Waals surface area contributed by atoms with Gasteiger partial charge in [0.05, 0.1) is 0 Å². The Morgan fingerprint density at radius 2 is 2.00 bits per heavy atom. The first-order chi connectivity index (χ1) is 9.86. The summed E-state index contributed by atoms with van der Waals surface area (Å²) in [5.41, 5.74) is -0.879. The van der Waals surface area contributed by atoms with E-state index < -0.39 is 11.9 Å². The lowest BCUT2D eigenvalue weighted by Gasteiger charge is -2.32. The van der Waals surface area contributed by atoms with E-state index in [0.717, 1.165) is 25.5 Å². The highest BCUT2D eigenvalue weighted by Crippen LogP contribution is 2.29. The maximum absolute atomic E-state index is 12.7. The molecule has 0 amide bonds. The van der Waals surface area contributed by atoms with Gasteiger partial charge in [-0.05, 0) is 31.4 Å². The molecule has 1 aliphatic heterocycles. The van der Waals surface area contributed by atoms with Gasteiger partial charge in [0.25, 0.3) is 0 Å². The number of rotatable bonds is 4. The summed E-state index contributed by atoms with van der Waals surface area (Å²) < 4.78 is 38.0. The molecule has 118 valence electrons. The molecule has 0 atom stereocenters. The number of aromatic nitrogens is 2. The second kappa shape index (κ2) is 6.60. The van der Waals surface area contributed by atoms with Crippen molar-refractivity contribution < 1.29 is 13.2 Å². The van der Waals surface area contributed by atoms with E-state index in [1.54, 1.807) is 0 Å². The molecular weight excluding hydrogens is 281 g/mol. The molecule has 1 saturated heterocycles. The quantitative estimate of drug-likeness (QED) is 0.928. The highest BCUT2D eigenvalue weighted by Gasteiger charge is 2.33. The molecule has 1 aromatic heterocycles. The van der Waals surface area contributed by atoms with E-state index in [2.05, 4.69) is 29.1 Å². The van der Waals surface area contributed by atoms with Gasteiger partial charge in [-0.1, -0.05) is 13.8 Å². The first-order valence-electron chi connectivity index (χ1n) is 7.25. The van der Waals surface area contributed by atoms with Gasteiger partial charge in [0.15, 0.2) is 0 Å². The van der Waals surface area contributed by atoms with Crippen LogP contribution in [0.5, 0.6) is 0 Å². The minimum atomic E-state index is -4.42. The first kappa shape index (κ1) is 16.0. The van der Waals surface area contributed by atoms with Crippen LogP contribution in [0.3, 0.4) is 0 Å². The van der Waals surface area contributed by atoms with E-state index in [9.17, 15) is 13.2 Å². The Bertz CT molecular complexity index is 454. The predicted octanol–water partition coefficient (Wildman–Crippen LogP) is 2.71. The lowest BCUT2D eigenvalue weighted by Crippen LogP contribution is -2.39. The monoisotopic (exact) mass is 302 g/mol. The van der Waals surface area contributed by atoms with Gasteiger partial charge in [-0.25, -0.2) is 9.97 Å². The topological polar surface area (TPSA) is 41.0 Å². The summed E-state index contributed by atoms with van der Waals surface area (Å²) >= 11 is 0. The molecule has 0 bridgehead atoms. The van der Waals surface area contributed by atoms with Gasteiger partial charge in [0.1, 0.15) is 5.69 Å². The third-order valence-electron chi connectivity index (χ3n) is 3.65. The average Bonchev–Trinajstić information content (AvgIpc) is 2.45. The molecule has 0 unspecified atom stereocenters. The fourth-order valence-corrected chi connectivity index (χ4v) is 2.40. The van der Waals surface area contributed by atoms with E-state index in [4.69, 9.17) is 0 Å². The molecule has 1 N–H and O–H groups in total. The molecule has 1 aliphatic rings. The number of piperidine rings is 1. The molecule has 0 aromatic carbocycles. The molecule has 21 heavy (non-hydrogen) atoms. The number of halogens is 3. The van der Waals surface area contributed by atoms with Gasteiger partial charge in [-0.2, -0.15) is 13.2 Å². The van der Waals surface area contributed by atoms with Crippen LogP contribution in [0.15, 0.2) is 12.3 Å². The molecule has 2 heterocycles. The summed E-state index contributed by atoms with van der Waals surface area (Å²) in [7, 11) is 0. The van der Waals surface area contributed by atoms with E-state index in [1.807, 2.05) is 4.90 Å². The van der Waals surface area contributed by atoms with Crippen molar-refractivity contribution in [2.45, 2.75) is 38.9 Å². The van der Waals surface area contributed by atoms with Crippen LogP contribution in [0.25, 0.3) is 0 Å². The summed E-state index contributed by atoms with van der Waals surface area (Å²) in [5, 5.41) is 3.40. The molecule has 1 aromatic rings. The van der Waals surface area contributed by atoms with Crippen molar-refractivity contribution in [2.24, 2.45) is 5.92 Å². The smallest absolute Gasteiger partial charge is 0.341 e. The number of hydrogen-bond donors (Lipinski definition) is 1. The largest absolute Gasteiger partial charge is 0.433 e. The zero-order valence-electron chi connectivity index (χ0n) is 12.3. The summed E-state index contributed by atoms with van der Waals surface area (Å²) in [6.45, 7) is 6.56. The lowest BCUT2D eigenvalue weighted by atomic mass is 9.97. The normalized spacial score (nSPS) is 17.5. The molecule has 1 fully saturated rings. The van der Waals surface area contributed by atoms with Gasteiger partial charge >= 0.3 is 6.18 Å². The molecule has 2 rings (SSSR count). The van der Waals surface area contributed by atoms with Crippen molar-refractivity contribution in [3.63, 3.8) is 0 Å². The third-order valence-corrected chi connectivity index (χ3v) is 3.65. The molecule has 0 aliphatic carbocycles. The van der Waals surface area contributed by atoms with Crippen LogP contribution in [0, 0.1) is 5.92 Å². The average molecular weight is 302 g/mol. The van der Waals surface area contributed by atoms with Crippen molar-refractivity contribution in [2.75, 3.05) is 24.5 Å². The number of nitrogens with one attached hydrogen (secondary N) is 1. The summed E-state index contributed by atoms with van der Waals surface area (Å²) in [6, 6.07) is 1.36. The fourth-order valence-electron chi connectivity index (χ4n) is 2.40. The fraction of sp³-hybridized carbons (Fsp3) is 0.714. The van der Waals surface area contributed by atoms with Gasteiger partial charge in [-0.15, -0.1) is 0 Å². The standard InChI is InChI=1S/C14H21F3N4/c1-10(2)19-9-11-4-7-21(8-5-11)13-18-6-3-12(20-13)14(15,16)17/h3,6,10-11,19H,4-5,7-9H2,1-2H3. The van der Waals surface area contributed by atoms with E-state index >= 15 is 0 Å². The summed E-state index contributed by atoms with van der Waals surface area (Å²) in [6.07, 6.45) is -1.35. The lowest BCUT2D eigenvalue weighted by molar-refractivity contribution is -0.141. The third kappa shape index (κ3) is 4.56. The van der Waals surface area contributed by atoms with E-state index in [1.165, 1.54) is 6.20 Å². The number of nitrogens with zero attached hydrogens (tertiary/aromatic N) is 3. The van der Waals surface area contributed by atoms with Crippen molar-refractivity contribution in [3.05, 3.63) is 18.0 Å². The second-order valence-corrected chi connectivity index (χ2v) is 5.73. The number of anilines is 1.